The largest absolute Gasteiger partial charge is 0.464 e. The van der Waals surface area contributed by atoms with Gasteiger partial charge in [-0.2, -0.15) is 0 Å². The van der Waals surface area contributed by atoms with E-state index < -0.39 is 0 Å². The summed E-state index contributed by atoms with van der Waals surface area (Å²) in [5.74, 6) is -0.296. The molecule has 4 nitrogen and oxygen atoms in total. The Balaban J connectivity index is 2.32. The highest BCUT2D eigenvalue weighted by molar-refractivity contribution is 5.78. The van der Waals surface area contributed by atoms with E-state index in [0.717, 1.165) is 5.52 Å². The fraction of sp³-hybridized carbons (Fsp3) is 0.231. The Morgan fingerprint density at radius 1 is 1.29 bits per heavy atom. The Bertz CT molecular complexity index is 601. The number of fused-ring (bicyclic) bond motifs is 1. The molecule has 2 rings (SSSR count). The number of carbonyl (C=O) groups is 1. The van der Waals surface area contributed by atoms with Gasteiger partial charge in [-0.05, 0) is 12.1 Å². The zero-order valence-electron chi connectivity index (χ0n) is 9.55. The van der Waals surface area contributed by atoms with E-state index in [-0.39, 0.29) is 11.4 Å². The summed E-state index contributed by atoms with van der Waals surface area (Å²) in [5.41, 5.74) is 0.858. The molecule has 17 heavy (non-hydrogen) atoms. The van der Waals surface area contributed by atoms with Crippen LogP contribution >= 0.6 is 0 Å². The summed E-state index contributed by atoms with van der Waals surface area (Å²) in [6, 6.07) is 8.91. The molecular weight excluding hydrogens is 218 g/mol. The first kappa shape index (κ1) is 11.4. The highest BCUT2D eigenvalue weighted by Gasteiger charge is 2.02. The zero-order chi connectivity index (χ0) is 12.3. The van der Waals surface area contributed by atoms with Gasteiger partial charge in [-0.1, -0.05) is 12.1 Å². The monoisotopic (exact) mass is 231 g/mol. The number of nitrogens with zero attached hydrogens (tertiary/aromatic N) is 1. The van der Waals surface area contributed by atoms with Crippen LogP contribution in [-0.2, 0) is 16.1 Å². The van der Waals surface area contributed by atoms with Crippen molar-refractivity contribution in [1.29, 1.82) is 0 Å². The molecule has 2 aromatic rings. The van der Waals surface area contributed by atoms with E-state index in [0.29, 0.717) is 18.5 Å². The molecule has 0 saturated carbocycles. The minimum Gasteiger partial charge on any atom is -0.464 e. The van der Waals surface area contributed by atoms with E-state index in [2.05, 4.69) is 0 Å². The lowest BCUT2D eigenvalue weighted by atomic mass is 10.2. The normalized spacial score (nSPS) is 10.4. The smallest absolute Gasteiger partial charge is 0.302 e. The molecule has 0 aliphatic rings. The lowest BCUT2D eigenvalue weighted by Gasteiger charge is -2.10. The maximum atomic E-state index is 11.6. The van der Waals surface area contributed by atoms with Crippen LogP contribution in [0.2, 0.25) is 0 Å². The molecule has 0 aliphatic carbocycles. The standard InChI is InChI=1S/C13H13NO3/c1-10(15)17-9-8-14-7-6-13(16)11-4-2-3-5-12(11)14/h2-7H,8-9H2,1H3. The molecule has 0 saturated heterocycles. The van der Waals surface area contributed by atoms with Crippen LogP contribution < -0.4 is 5.43 Å². The number of benzene rings is 1. The van der Waals surface area contributed by atoms with Crippen molar-refractivity contribution in [2.24, 2.45) is 0 Å². The average Bonchev–Trinajstić information content (AvgIpc) is 2.32. The lowest BCUT2D eigenvalue weighted by molar-refractivity contribution is -0.141. The SMILES string of the molecule is CC(=O)OCCn1ccc(=O)c2ccccc21. The predicted octanol–water partition coefficient (Wildman–Crippen LogP) is 1.56. The molecular formula is C13H13NO3. The van der Waals surface area contributed by atoms with E-state index in [9.17, 15) is 9.59 Å². The molecule has 0 aliphatic heterocycles. The summed E-state index contributed by atoms with van der Waals surface area (Å²) in [7, 11) is 0. The van der Waals surface area contributed by atoms with Crippen LogP contribution in [0.4, 0.5) is 0 Å². The van der Waals surface area contributed by atoms with Crippen LogP contribution in [0, 0.1) is 0 Å². The van der Waals surface area contributed by atoms with E-state index in [1.54, 1.807) is 12.3 Å². The number of aromatic nitrogens is 1. The predicted molar refractivity (Wildman–Crippen MR) is 64.8 cm³/mol. The van der Waals surface area contributed by atoms with Crippen LogP contribution in [0.25, 0.3) is 10.9 Å². The first-order valence-electron chi connectivity index (χ1n) is 5.40. The number of hydrogen-bond acceptors (Lipinski definition) is 3. The molecule has 0 N–H and O–H groups in total. The van der Waals surface area contributed by atoms with Gasteiger partial charge < -0.3 is 9.30 Å². The van der Waals surface area contributed by atoms with Gasteiger partial charge in [0.05, 0.1) is 12.1 Å². The molecule has 0 atom stereocenters. The summed E-state index contributed by atoms with van der Waals surface area (Å²) in [6.07, 6.45) is 1.72. The number of ether oxygens (including phenoxy) is 1. The lowest BCUT2D eigenvalue weighted by Crippen LogP contribution is -2.12. The Labute approximate surface area is 98.4 Å². The number of pyridine rings is 1. The second-order valence-electron chi connectivity index (χ2n) is 3.73. The van der Waals surface area contributed by atoms with Crippen LogP contribution in [0.3, 0.4) is 0 Å². The maximum absolute atomic E-state index is 11.6. The molecule has 0 radical (unpaired) electrons. The number of rotatable bonds is 3. The minimum absolute atomic E-state index is 0.00402. The third kappa shape index (κ3) is 2.53. The average molecular weight is 231 g/mol. The van der Waals surface area contributed by atoms with Crippen molar-refractivity contribution in [3.8, 4) is 0 Å². The Morgan fingerprint density at radius 3 is 2.82 bits per heavy atom. The van der Waals surface area contributed by atoms with E-state index >= 15 is 0 Å². The first-order chi connectivity index (χ1) is 8.18. The van der Waals surface area contributed by atoms with E-state index in [4.69, 9.17) is 4.74 Å². The van der Waals surface area contributed by atoms with Gasteiger partial charge in [0.25, 0.3) is 0 Å². The fourth-order valence-corrected chi connectivity index (χ4v) is 1.74. The quantitative estimate of drug-likeness (QED) is 0.753. The third-order valence-corrected chi connectivity index (χ3v) is 2.52. The Hall–Kier alpha value is -2.10. The molecule has 0 fully saturated rings. The van der Waals surface area contributed by atoms with Crippen molar-refractivity contribution in [2.75, 3.05) is 6.61 Å². The second-order valence-corrected chi connectivity index (χ2v) is 3.73. The molecule has 0 bridgehead atoms. The zero-order valence-corrected chi connectivity index (χ0v) is 9.55. The van der Waals surface area contributed by atoms with Crippen LogP contribution in [0.5, 0.6) is 0 Å². The van der Waals surface area contributed by atoms with Gasteiger partial charge in [0.2, 0.25) is 0 Å². The summed E-state index contributed by atoms with van der Waals surface area (Å²) < 4.78 is 6.79. The molecule has 0 unspecified atom stereocenters. The second kappa shape index (κ2) is 4.82. The van der Waals surface area contributed by atoms with Crippen LogP contribution in [0.15, 0.2) is 41.3 Å². The molecule has 1 aromatic heterocycles. The van der Waals surface area contributed by atoms with Crippen molar-refractivity contribution < 1.29 is 9.53 Å². The summed E-state index contributed by atoms with van der Waals surface area (Å²) in [6.45, 7) is 2.23. The highest BCUT2D eigenvalue weighted by atomic mass is 16.5. The fourth-order valence-electron chi connectivity index (χ4n) is 1.74. The van der Waals surface area contributed by atoms with Crippen molar-refractivity contribution in [3.05, 3.63) is 46.8 Å². The van der Waals surface area contributed by atoms with Crippen molar-refractivity contribution in [3.63, 3.8) is 0 Å². The molecule has 1 aromatic carbocycles. The third-order valence-electron chi connectivity index (χ3n) is 2.52. The Kier molecular flexibility index (Phi) is 3.23. The molecule has 88 valence electrons. The topological polar surface area (TPSA) is 48.3 Å². The molecule has 4 heteroatoms. The van der Waals surface area contributed by atoms with Gasteiger partial charge in [0.1, 0.15) is 6.61 Å². The summed E-state index contributed by atoms with van der Waals surface area (Å²) >= 11 is 0. The van der Waals surface area contributed by atoms with Crippen molar-refractivity contribution >= 4 is 16.9 Å². The number of para-hydroxylation sites is 1. The van der Waals surface area contributed by atoms with E-state index in [1.807, 2.05) is 22.8 Å². The van der Waals surface area contributed by atoms with Crippen molar-refractivity contribution in [2.45, 2.75) is 13.5 Å². The van der Waals surface area contributed by atoms with Gasteiger partial charge in [0, 0.05) is 24.6 Å². The highest BCUT2D eigenvalue weighted by Crippen LogP contribution is 2.09. The molecule has 1 heterocycles. The van der Waals surface area contributed by atoms with Crippen molar-refractivity contribution in [1.82, 2.24) is 4.57 Å². The number of carbonyl (C=O) groups excluding carboxylic acids is 1. The van der Waals surface area contributed by atoms with Gasteiger partial charge in [-0.3, -0.25) is 9.59 Å². The Morgan fingerprint density at radius 2 is 2.06 bits per heavy atom. The van der Waals surface area contributed by atoms with Gasteiger partial charge in [-0.15, -0.1) is 0 Å². The summed E-state index contributed by atoms with van der Waals surface area (Å²) in [5, 5.41) is 0.679. The van der Waals surface area contributed by atoms with E-state index in [1.165, 1.54) is 13.0 Å². The minimum atomic E-state index is -0.296. The van der Waals surface area contributed by atoms with Crippen LogP contribution in [-0.4, -0.2) is 17.1 Å². The van der Waals surface area contributed by atoms with Gasteiger partial charge in [0.15, 0.2) is 5.43 Å². The number of hydrogen-bond donors (Lipinski definition) is 0. The van der Waals surface area contributed by atoms with Crippen LogP contribution in [0.1, 0.15) is 6.92 Å². The van der Waals surface area contributed by atoms with Gasteiger partial charge in [-0.25, -0.2) is 0 Å². The molecule has 0 amide bonds. The molecule has 0 spiro atoms. The maximum Gasteiger partial charge on any atom is 0.302 e. The number of esters is 1. The van der Waals surface area contributed by atoms with Gasteiger partial charge >= 0.3 is 5.97 Å². The summed E-state index contributed by atoms with van der Waals surface area (Å²) in [4.78, 5) is 22.3. The first-order valence-corrected chi connectivity index (χ1v) is 5.40.